The van der Waals surface area contributed by atoms with Crippen LogP contribution in [-0.2, 0) is 16.0 Å². The van der Waals surface area contributed by atoms with Gasteiger partial charge in [-0.3, -0.25) is 14.8 Å². The largest absolute Gasteiger partial charge is 0.495 e. The van der Waals surface area contributed by atoms with E-state index in [4.69, 9.17) is 4.74 Å². The van der Waals surface area contributed by atoms with Gasteiger partial charge in [0, 0.05) is 23.2 Å². The Bertz CT molecular complexity index is 1450. The summed E-state index contributed by atoms with van der Waals surface area (Å²) in [6.45, 7) is -0.241. The predicted octanol–water partition coefficient (Wildman–Crippen LogP) is 4.00. The van der Waals surface area contributed by atoms with Gasteiger partial charge in [0.2, 0.25) is 0 Å². The molecule has 1 aromatic heterocycles. The van der Waals surface area contributed by atoms with E-state index in [2.05, 4.69) is 4.98 Å². The number of ether oxygens (including phenoxy) is 1. The van der Waals surface area contributed by atoms with Gasteiger partial charge in [-0.2, -0.15) is 18.4 Å². The van der Waals surface area contributed by atoms with E-state index < -0.39 is 33.6 Å². The SMILES string of the molecule is COc1ccc(C(F)(F)F)cc1N1CC(C#N)N(c2cncc3ccc(S(C)(=O)=O)cc23)C1=O. The first kappa shape index (κ1) is 23.3. The summed E-state index contributed by atoms with van der Waals surface area (Å²) in [5.74, 6) is 0.0234. The van der Waals surface area contributed by atoms with Crippen molar-refractivity contribution in [1.82, 2.24) is 4.98 Å². The number of hydrogen-bond donors (Lipinski definition) is 0. The number of hydrogen-bond acceptors (Lipinski definition) is 6. The van der Waals surface area contributed by atoms with Gasteiger partial charge in [-0.25, -0.2) is 13.2 Å². The second-order valence-electron chi connectivity index (χ2n) is 7.61. The van der Waals surface area contributed by atoms with Crippen LogP contribution in [0.5, 0.6) is 5.75 Å². The van der Waals surface area contributed by atoms with Crippen LogP contribution >= 0.6 is 0 Å². The number of rotatable bonds is 4. The van der Waals surface area contributed by atoms with Crippen molar-refractivity contribution in [3.8, 4) is 11.8 Å². The molecular weight excluding hydrogens is 473 g/mol. The monoisotopic (exact) mass is 490 g/mol. The summed E-state index contributed by atoms with van der Waals surface area (Å²) in [7, 11) is -2.31. The lowest BCUT2D eigenvalue weighted by Crippen LogP contribution is -2.35. The van der Waals surface area contributed by atoms with E-state index in [-0.39, 0.29) is 28.6 Å². The third-order valence-electron chi connectivity index (χ3n) is 5.45. The van der Waals surface area contributed by atoms with Gasteiger partial charge in [-0.1, -0.05) is 6.07 Å². The van der Waals surface area contributed by atoms with E-state index in [1.165, 1.54) is 37.7 Å². The van der Waals surface area contributed by atoms with Gasteiger partial charge in [-0.15, -0.1) is 0 Å². The van der Waals surface area contributed by atoms with Crippen LogP contribution in [0.25, 0.3) is 10.8 Å². The number of halogens is 3. The zero-order valence-electron chi connectivity index (χ0n) is 17.9. The van der Waals surface area contributed by atoms with Crippen LogP contribution in [-0.4, -0.2) is 45.4 Å². The quantitative estimate of drug-likeness (QED) is 0.548. The first-order chi connectivity index (χ1) is 16.0. The summed E-state index contributed by atoms with van der Waals surface area (Å²) in [6.07, 6.45) is -0.834. The molecule has 0 spiro atoms. The normalized spacial score (nSPS) is 16.7. The van der Waals surface area contributed by atoms with Crippen LogP contribution in [0.2, 0.25) is 0 Å². The third-order valence-corrected chi connectivity index (χ3v) is 6.56. The molecular formula is C22H17F3N4O4S. The van der Waals surface area contributed by atoms with E-state index in [0.717, 1.165) is 34.3 Å². The Morgan fingerprint density at radius 3 is 2.50 bits per heavy atom. The Morgan fingerprint density at radius 1 is 1.15 bits per heavy atom. The summed E-state index contributed by atoms with van der Waals surface area (Å²) in [5, 5.41) is 10.6. The summed E-state index contributed by atoms with van der Waals surface area (Å²) in [5.41, 5.74) is -0.962. The minimum atomic E-state index is -4.65. The zero-order chi connectivity index (χ0) is 24.8. The van der Waals surface area contributed by atoms with Gasteiger partial charge in [0.15, 0.2) is 9.84 Å². The van der Waals surface area contributed by atoms with Crippen molar-refractivity contribution in [3.05, 3.63) is 54.4 Å². The minimum absolute atomic E-state index is 0.00371. The molecule has 2 heterocycles. The number of benzene rings is 2. The molecule has 176 valence electrons. The first-order valence-corrected chi connectivity index (χ1v) is 11.7. The second-order valence-corrected chi connectivity index (χ2v) is 9.62. The summed E-state index contributed by atoms with van der Waals surface area (Å²) in [4.78, 5) is 19.7. The number of nitriles is 1. The maximum atomic E-state index is 13.4. The Kier molecular flexibility index (Phi) is 5.61. The number of pyridine rings is 1. The van der Waals surface area contributed by atoms with Crippen LogP contribution in [0.3, 0.4) is 0 Å². The molecule has 1 unspecified atom stereocenters. The number of carbonyl (C=O) groups is 1. The molecule has 2 aromatic carbocycles. The first-order valence-electron chi connectivity index (χ1n) is 9.79. The summed E-state index contributed by atoms with van der Waals surface area (Å²) >= 11 is 0. The Balaban J connectivity index is 1.86. The van der Waals surface area contributed by atoms with E-state index >= 15 is 0 Å². The van der Waals surface area contributed by atoms with Gasteiger partial charge in [0.25, 0.3) is 0 Å². The predicted molar refractivity (Wildman–Crippen MR) is 117 cm³/mol. The number of carbonyl (C=O) groups excluding carboxylic acids is 1. The standard InChI is InChI=1S/C22H17F3N4O4S/c1-33-20-6-4-14(22(23,24)25)7-18(20)28-12-15(9-26)29(21(28)30)19-11-27-10-13-3-5-16(8-17(13)19)34(2,31)32/h3-8,10-11,15H,12H2,1-2H3. The number of amides is 2. The maximum Gasteiger partial charge on any atom is 0.416 e. The van der Waals surface area contributed by atoms with E-state index in [9.17, 15) is 31.6 Å². The second kappa shape index (κ2) is 8.18. The van der Waals surface area contributed by atoms with Gasteiger partial charge in [0.05, 0.1) is 47.8 Å². The highest BCUT2D eigenvalue weighted by molar-refractivity contribution is 7.90. The topological polar surface area (TPSA) is 104 Å². The van der Waals surface area contributed by atoms with Crippen molar-refractivity contribution >= 4 is 38.0 Å². The summed E-state index contributed by atoms with van der Waals surface area (Å²) < 4.78 is 69.2. The smallest absolute Gasteiger partial charge is 0.416 e. The Labute approximate surface area is 192 Å². The van der Waals surface area contributed by atoms with Crippen molar-refractivity contribution < 1.29 is 31.1 Å². The fourth-order valence-electron chi connectivity index (χ4n) is 3.79. The molecule has 0 radical (unpaired) electrons. The molecule has 3 aromatic rings. The third kappa shape index (κ3) is 3.99. The van der Waals surface area contributed by atoms with E-state index in [1.807, 2.05) is 6.07 Å². The fourth-order valence-corrected chi connectivity index (χ4v) is 4.44. The molecule has 0 aliphatic carbocycles. The number of methoxy groups -OCH3 is 1. The van der Waals surface area contributed by atoms with E-state index in [1.54, 1.807) is 0 Å². The molecule has 0 N–H and O–H groups in total. The molecule has 0 saturated carbocycles. The average molecular weight is 490 g/mol. The molecule has 2 amide bonds. The lowest BCUT2D eigenvalue weighted by atomic mass is 10.1. The maximum absolute atomic E-state index is 13.4. The molecule has 4 rings (SSSR count). The number of alkyl halides is 3. The molecule has 1 fully saturated rings. The number of anilines is 2. The molecule has 1 saturated heterocycles. The van der Waals surface area contributed by atoms with Crippen LogP contribution in [0, 0.1) is 11.3 Å². The number of sulfone groups is 1. The zero-order valence-corrected chi connectivity index (χ0v) is 18.7. The molecule has 34 heavy (non-hydrogen) atoms. The average Bonchev–Trinajstić information content (AvgIpc) is 3.12. The van der Waals surface area contributed by atoms with Gasteiger partial charge >= 0.3 is 12.2 Å². The lowest BCUT2D eigenvalue weighted by Gasteiger charge is -2.22. The Hall–Kier alpha value is -3.85. The highest BCUT2D eigenvalue weighted by atomic mass is 32.2. The highest BCUT2D eigenvalue weighted by Gasteiger charge is 2.42. The number of aromatic nitrogens is 1. The van der Waals surface area contributed by atoms with Crippen LogP contribution in [0.15, 0.2) is 53.7 Å². The molecule has 12 heteroatoms. The number of fused-ring (bicyclic) bond motifs is 1. The van der Waals surface area contributed by atoms with Crippen molar-refractivity contribution in [2.45, 2.75) is 17.1 Å². The molecule has 1 atom stereocenters. The molecule has 0 bridgehead atoms. The van der Waals surface area contributed by atoms with Crippen LogP contribution in [0.4, 0.5) is 29.3 Å². The van der Waals surface area contributed by atoms with Crippen LogP contribution < -0.4 is 14.5 Å². The lowest BCUT2D eigenvalue weighted by molar-refractivity contribution is -0.137. The van der Waals surface area contributed by atoms with Gasteiger partial charge in [-0.05, 0) is 30.3 Å². The number of nitrogens with zero attached hydrogens (tertiary/aromatic N) is 4. The van der Waals surface area contributed by atoms with Crippen molar-refractivity contribution in [2.24, 2.45) is 0 Å². The van der Waals surface area contributed by atoms with E-state index in [0.29, 0.717) is 10.8 Å². The van der Waals surface area contributed by atoms with Gasteiger partial charge in [0.1, 0.15) is 11.8 Å². The van der Waals surface area contributed by atoms with Crippen molar-refractivity contribution in [1.29, 1.82) is 5.26 Å². The summed E-state index contributed by atoms with van der Waals surface area (Å²) in [6, 6.07) is 7.16. The van der Waals surface area contributed by atoms with Gasteiger partial charge < -0.3 is 4.74 Å². The number of urea groups is 1. The van der Waals surface area contributed by atoms with Crippen molar-refractivity contribution in [3.63, 3.8) is 0 Å². The highest BCUT2D eigenvalue weighted by Crippen LogP contribution is 2.40. The molecule has 8 nitrogen and oxygen atoms in total. The van der Waals surface area contributed by atoms with Crippen LogP contribution in [0.1, 0.15) is 5.56 Å². The molecule has 1 aliphatic rings. The Morgan fingerprint density at radius 2 is 1.88 bits per heavy atom. The molecule has 1 aliphatic heterocycles. The van der Waals surface area contributed by atoms with Crippen molar-refractivity contribution in [2.75, 3.05) is 29.7 Å². The minimum Gasteiger partial charge on any atom is -0.495 e. The fraction of sp³-hybridized carbons (Fsp3) is 0.227.